The summed E-state index contributed by atoms with van der Waals surface area (Å²) in [5, 5.41) is 0. The van der Waals surface area contributed by atoms with Crippen molar-refractivity contribution < 1.29 is 0 Å². The molecule has 1 heteroatoms. The molecule has 0 fully saturated rings. The highest BCUT2D eigenvalue weighted by Gasteiger charge is 1.95. The van der Waals surface area contributed by atoms with Gasteiger partial charge < -0.3 is 4.40 Å². The summed E-state index contributed by atoms with van der Waals surface area (Å²) in [4.78, 5) is 0. The predicted octanol–water partition coefficient (Wildman–Crippen LogP) is 3.34. The molecule has 1 aromatic carbocycles. The van der Waals surface area contributed by atoms with Crippen LogP contribution in [-0.2, 0) is 0 Å². The second kappa shape index (κ2) is 4.19. The smallest absolute Gasteiger partial charge is 0.0969 e. The van der Waals surface area contributed by atoms with Crippen LogP contribution < -0.4 is 0 Å². The van der Waals surface area contributed by atoms with E-state index in [0.29, 0.717) is 0 Å². The monoisotopic (exact) mass is 217 g/mol. The van der Waals surface area contributed by atoms with Crippen LogP contribution in [0.4, 0.5) is 0 Å². The summed E-state index contributed by atoms with van der Waals surface area (Å²) in [5.41, 5.74) is 3.23. The fraction of sp³-hybridized carbons (Fsp3) is 0. The highest BCUT2D eigenvalue weighted by molar-refractivity contribution is 5.53. The van der Waals surface area contributed by atoms with Crippen molar-refractivity contribution in [3.63, 3.8) is 0 Å². The van der Waals surface area contributed by atoms with Gasteiger partial charge in [0.1, 0.15) is 0 Å². The average Bonchev–Trinajstić information content (AvgIpc) is 2.81. The zero-order valence-corrected chi connectivity index (χ0v) is 9.30. The molecule has 0 spiro atoms. The average molecular weight is 217 g/mol. The second-order valence-corrected chi connectivity index (χ2v) is 3.83. The van der Waals surface area contributed by atoms with Crippen LogP contribution in [0.2, 0.25) is 0 Å². The molecule has 3 rings (SSSR count). The molecule has 0 aliphatic carbocycles. The summed E-state index contributed by atoms with van der Waals surface area (Å²) in [7, 11) is 0. The quantitative estimate of drug-likeness (QED) is 0.509. The minimum Gasteiger partial charge on any atom is -0.310 e. The first kappa shape index (κ1) is 9.74. The van der Waals surface area contributed by atoms with Crippen molar-refractivity contribution >= 4 is 5.52 Å². The van der Waals surface area contributed by atoms with Crippen molar-refractivity contribution in [1.29, 1.82) is 0 Å². The summed E-state index contributed by atoms with van der Waals surface area (Å²) in [6, 6.07) is 20.3. The maximum atomic E-state index is 3.20. The van der Waals surface area contributed by atoms with Gasteiger partial charge in [-0.15, -0.1) is 0 Å². The summed E-state index contributed by atoms with van der Waals surface area (Å²) >= 11 is 0. The topological polar surface area (TPSA) is 4.41 Å². The maximum Gasteiger partial charge on any atom is 0.0969 e. The highest BCUT2D eigenvalue weighted by Crippen LogP contribution is 2.08. The number of hydrogen-bond donors (Lipinski definition) is 0. The van der Waals surface area contributed by atoms with Gasteiger partial charge in [-0.25, -0.2) is 0 Å². The molecule has 0 aliphatic rings. The Morgan fingerprint density at radius 2 is 1.53 bits per heavy atom. The van der Waals surface area contributed by atoms with Crippen molar-refractivity contribution in [2.75, 3.05) is 0 Å². The van der Waals surface area contributed by atoms with Crippen molar-refractivity contribution in [1.82, 2.24) is 4.40 Å². The van der Waals surface area contributed by atoms with Gasteiger partial charge in [-0.05, 0) is 42.3 Å². The van der Waals surface area contributed by atoms with Crippen LogP contribution in [0.15, 0.2) is 66.9 Å². The Kier molecular flexibility index (Phi) is 2.40. The number of pyridine rings is 1. The Labute approximate surface area is 100 Å². The summed E-state index contributed by atoms with van der Waals surface area (Å²) in [5.74, 6) is 6.37. The first-order chi connectivity index (χ1) is 8.43. The fourth-order valence-corrected chi connectivity index (χ4v) is 1.82. The number of hydrogen-bond acceptors (Lipinski definition) is 0. The first-order valence-corrected chi connectivity index (χ1v) is 5.57. The van der Waals surface area contributed by atoms with Gasteiger partial charge in [0.15, 0.2) is 0 Å². The summed E-state index contributed by atoms with van der Waals surface area (Å²) < 4.78 is 2.09. The molecule has 2 heterocycles. The van der Waals surface area contributed by atoms with E-state index in [0.717, 1.165) is 11.3 Å². The summed E-state index contributed by atoms with van der Waals surface area (Å²) in [6.07, 6.45) is 2.03. The molecule has 0 unspecified atom stereocenters. The molecule has 0 aliphatic heterocycles. The number of nitrogens with zero attached hydrogens (tertiary/aromatic N) is 1. The lowest BCUT2D eigenvalue weighted by Crippen LogP contribution is -1.85. The van der Waals surface area contributed by atoms with Crippen LogP contribution in [0.3, 0.4) is 0 Å². The lowest BCUT2D eigenvalue weighted by atomic mass is 10.2. The van der Waals surface area contributed by atoms with Crippen molar-refractivity contribution in [2.24, 2.45) is 0 Å². The van der Waals surface area contributed by atoms with Crippen LogP contribution in [0, 0.1) is 11.8 Å². The molecule has 0 bridgehead atoms. The standard InChI is InChI=1S/C16H11N/c1-2-6-14(7-3-1)9-10-16-12-11-15-8-4-5-13-17(15)16/h1-8,11-13H. The molecule has 2 aromatic heterocycles. The van der Waals surface area contributed by atoms with Gasteiger partial charge in [0, 0.05) is 17.3 Å². The maximum absolute atomic E-state index is 3.20. The van der Waals surface area contributed by atoms with E-state index in [4.69, 9.17) is 0 Å². The van der Waals surface area contributed by atoms with Gasteiger partial charge in [-0.3, -0.25) is 0 Å². The Morgan fingerprint density at radius 1 is 0.706 bits per heavy atom. The van der Waals surface area contributed by atoms with E-state index in [1.807, 2.05) is 54.7 Å². The van der Waals surface area contributed by atoms with Gasteiger partial charge in [0.05, 0.1) is 5.69 Å². The molecule has 0 saturated heterocycles. The first-order valence-electron chi connectivity index (χ1n) is 5.57. The molecule has 0 atom stereocenters. The minimum absolute atomic E-state index is 1.02. The van der Waals surface area contributed by atoms with Gasteiger partial charge in [-0.2, -0.15) is 0 Å². The SMILES string of the molecule is C(#Cc1ccc2ccccn12)c1ccccc1. The van der Waals surface area contributed by atoms with E-state index in [2.05, 4.69) is 28.4 Å². The molecule has 0 saturated carbocycles. The third kappa shape index (κ3) is 1.93. The van der Waals surface area contributed by atoms with E-state index in [1.165, 1.54) is 5.52 Å². The Bertz CT molecular complexity index is 696. The van der Waals surface area contributed by atoms with Crippen LogP contribution in [0.1, 0.15) is 11.3 Å². The largest absolute Gasteiger partial charge is 0.310 e. The van der Waals surface area contributed by atoms with Crippen molar-refractivity contribution in [3.05, 3.63) is 78.1 Å². The lowest BCUT2D eigenvalue weighted by Gasteiger charge is -1.94. The van der Waals surface area contributed by atoms with E-state index in [-0.39, 0.29) is 0 Å². The molecule has 17 heavy (non-hydrogen) atoms. The zero-order valence-electron chi connectivity index (χ0n) is 9.30. The molecule has 3 aromatic rings. The number of fused-ring (bicyclic) bond motifs is 1. The van der Waals surface area contributed by atoms with Gasteiger partial charge in [0.25, 0.3) is 0 Å². The van der Waals surface area contributed by atoms with Crippen LogP contribution in [0.5, 0.6) is 0 Å². The summed E-state index contributed by atoms with van der Waals surface area (Å²) in [6.45, 7) is 0. The van der Waals surface area contributed by atoms with E-state index in [1.54, 1.807) is 0 Å². The molecule has 80 valence electrons. The normalized spacial score (nSPS) is 9.88. The molecule has 0 radical (unpaired) electrons. The van der Waals surface area contributed by atoms with E-state index >= 15 is 0 Å². The van der Waals surface area contributed by atoms with Gasteiger partial charge in [-0.1, -0.05) is 30.2 Å². The predicted molar refractivity (Wildman–Crippen MR) is 69.8 cm³/mol. The zero-order chi connectivity index (χ0) is 11.5. The van der Waals surface area contributed by atoms with Crippen LogP contribution in [0.25, 0.3) is 5.52 Å². The van der Waals surface area contributed by atoms with Crippen molar-refractivity contribution in [2.45, 2.75) is 0 Å². The van der Waals surface area contributed by atoms with E-state index in [9.17, 15) is 0 Å². The third-order valence-corrected chi connectivity index (χ3v) is 2.67. The molecular formula is C16H11N. The number of aromatic nitrogens is 1. The van der Waals surface area contributed by atoms with Crippen molar-refractivity contribution in [3.8, 4) is 11.8 Å². The third-order valence-electron chi connectivity index (χ3n) is 2.67. The van der Waals surface area contributed by atoms with E-state index < -0.39 is 0 Å². The minimum atomic E-state index is 1.02. The Hall–Kier alpha value is -2.46. The molecule has 0 N–H and O–H groups in total. The molecule has 0 amide bonds. The van der Waals surface area contributed by atoms with Gasteiger partial charge in [0.2, 0.25) is 0 Å². The Morgan fingerprint density at radius 3 is 2.41 bits per heavy atom. The van der Waals surface area contributed by atoms with Gasteiger partial charge >= 0.3 is 0 Å². The van der Waals surface area contributed by atoms with Crippen LogP contribution in [-0.4, -0.2) is 4.40 Å². The second-order valence-electron chi connectivity index (χ2n) is 3.83. The molecule has 1 nitrogen and oxygen atoms in total. The number of rotatable bonds is 0. The Balaban J connectivity index is 2.04. The number of benzene rings is 1. The highest BCUT2D eigenvalue weighted by atomic mass is 14.9. The lowest BCUT2D eigenvalue weighted by molar-refractivity contribution is 1.17. The van der Waals surface area contributed by atoms with Crippen LogP contribution >= 0.6 is 0 Å². The molecular weight excluding hydrogens is 206 g/mol. The fourth-order valence-electron chi connectivity index (χ4n) is 1.82.